The minimum Gasteiger partial charge on any atom is -0.495 e. The molecule has 2 amide bonds. The van der Waals surface area contributed by atoms with Crippen LogP contribution in [-0.2, 0) is 6.54 Å². The Bertz CT molecular complexity index is 692. The van der Waals surface area contributed by atoms with E-state index in [0.717, 1.165) is 15.6 Å². The molecule has 116 valence electrons. The Morgan fingerprint density at radius 3 is 2.73 bits per heavy atom. The van der Waals surface area contributed by atoms with E-state index in [0.29, 0.717) is 23.0 Å². The summed E-state index contributed by atoms with van der Waals surface area (Å²) in [6.07, 6.45) is 0. The summed E-state index contributed by atoms with van der Waals surface area (Å²) < 4.78 is 6.19. The molecule has 0 atom stereocenters. The summed E-state index contributed by atoms with van der Waals surface area (Å²) in [4.78, 5) is 12.1. The number of ether oxygens (including phenoxy) is 1. The molecule has 22 heavy (non-hydrogen) atoms. The number of halogens is 2. The molecule has 2 aromatic rings. The average molecular weight is 384 g/mol. The molecule has 2 N–H and O–H groups in total. The Kier molecular flexibility index (Phi) is 5.69. The molecule has 0 saturated heterocycles. The van der Waals surface area contributed by atoms with Crippen molar-refractivity contribution in [3.05, 3.63) is 57.0 Å². The van der Waals surface area contributed by atoms with E-state index in [4.69, 9.17) is 16.3 Å². The van der Waals surface area contributed by atoms with Gasteiger partial charge in [0.25, 0.3) is 0 Å². The molecule has 2 rings (SSSR count). The number of nitrogens with one attached hydrogen (secondary N) is 2. The number of methoxy groups -OCH3 is 1. The lowest BCUT2D eigenvalue weighted by molar-refractivity contribution is 0.251. The summed E-state index contributed by atoms with van der Waals surface area (Å²) in [6.45, 7) is 2.25. The van der Waals surface area contributed by atoms with Crippen molar-refractivity contribution in [2.24, 2.45) is 0 Å². The monoisotopic (exact) mass is 382 g/mol. The number of rotatable bonds is 4. The van der Waals surface area contributed by atoms with Crippen molar-refractivity contribution in [3.8, 4) is 5.75 Å². The Balaban J connectivity index is 2.05. The van der Waals surface area contributed by atoms with Crippen molar-refractivity contribution in [1.29, 1.82) is 0 Å². The van der Waals surface area contributed by atoms with Gasteiger partial charge in [-0.3, -0.25) is 0 Å². The van der Waals surface area contributed by atoms with Gasteiger partial charge in [-0.15, -0.1) is 0 Å². The largest absolute Gasteiger partial charge is 0.495 e. The third kappa shape index (κ3) is 4.15. The Morgan fingerprint density at radius 2 is 2.05 bits per heavy atom. The van der Waals surface area contributed by atoms with E-state index in [2.05, 4.69) is 26.6 Å². The van der Waals surface area contributed by atoms with Crippen molar-refractivity contribution >= 4 is 39.2 Å². The molecule has 4 nitrogen and oxygen atoms in total. The number of urea groups is 1. The molecule has 2 aromatic carbocycles. The van der Waals surface area contributed by atoms with Crippen LogP contribution in [0.1, 0.15) is 11.1 Å². The molecule has 6 heteroatoms. The van der Waals surface area contributed by atoms with Crippen molar-refractivity contribution in [3.63, 3.8) is 0 Å². The summed E-state index contributed by atoms with van der Waals surface area (Å²) in [5.41, 5.74) is 2.40. The molecule has 0 saturated carbocycles. The second kappa shape index (κ2) is 7.51. The fraction of sp³-hybridized carbons (Fsp3) is 0.188. The topological polar surface area (TPSA) is 50.4 Å². The fourth-order valence-corrected chi connectivity index (χ4v) is 2.76. The van der Waals surface area contributed by atoms with Crippen molar-refractivity contribution in [2.45, 2.75) is 13.5 Å². The zero-order valence-corrected chi connectivity index (χ0v) is 14.6. The number of hydrogen-bond acceptors (Lipinski definition) is 2. The average Bonchev–Trinajstić information content (AvgIpc) is 2.49. The summed E-state index contributed by atoms with van der Waals surface area (Å²) in [7, 11) is 1.56. The first-order chi connectivity index (χ1) is 10.5. The van der Waals surface area contributed by atoms with Gasteiger partial charge >= 0.3 is 6.03 Å². The van der Waals surface area contributed by atoms with Gasteiger partial charge in [0.2, 0.25) is 0 Å². The minimum absolute atomic E-state index is 0.316. The van der Waals surface area contributed by atoms with Gasteiger partial charge in [-0.1, -0.05) is 45.7 Å². The standard InChI is InChI=1S/C16H16BrClN2O2/c1-10-7-12(17)8-14(22-2)15(10)20-16(21)19-9-11-5-3-4-6-13(11)18/h3-8H,9H2,1-2H3,(H2,19,20,21). The lowest BCUT2D eigenvalue weighted by Gasteiger charge is -2.14. The smallest absolute Gasteiger partial charge is 0.319 e. The number of carbonyl (C=O) groups is 1. The summed E-state index contributed by atoms with van der Waals surface area (Å²) in [6, 6.07) is 10.8. The number of aryl methyl sites for hydroxylation is 1. The predicted molar refractivity (Wildman–Crippen MR) is 92.7 cm³/mol. The third-order valence-electron chi connectivity index (χ3n) is 3.12. The highest BCUT2D eigenvalue weighted by atomic mass is 79.9. The second-order valence-corrected chi connectivity index (χ2v) is 6.02. The number of carbonyl (C=O) groups excluding carboxylic acids is 1. The van der Waals surface area contributed by atoms with Crippen LogP contribution in [0, 0.1) is 6.92 Å². The molecule has 0 aliphatic carbocycles. The van der Waals surface area contributed by atoms with Crippen LogP contribution in [0.15, 0.2) is 40.9 Å². The van der Waals surface area contributed by atoms with Gasteiger partial charge in [-0.25, -0.2) is 4.79 Å². The van der Waals surface area contributed by atoms with Crippen molar-refractivity contribution in [1.82, 2.24) is 5.32 Å². The summed E-state index contributed by atoms with van der Waals surface area (Å²) in [5, 5.41) is 6.21. The first kappa shape index (κ1) is 16.6. The maximum Gasteiger partial charge on any atom is 0.319 e. The second-order valence-electron chi connectivity index (χ2n) is 4.70. The molecule has 0 unspecified atom stereocenters. The van der Waals surface area contributed by atoms with Gasteiger partial charge in [0.1, 0.15) is 5.75 Å². The summed E-state index contributed by atoms with van der Waals surface area (Å²) in [5.74, 6) is 0.597. The Hall–Kier alpha value is -1.72. The highest BCUT2D eigenvalue weighted by molar-refractivity contribution is 9.10. The van der Waals surface area contributed by atoms with Crippen LogP contribution in [0.2, 0.25) is 5.02 Å². The Labute approximate surface area is 142 Å². The van der Waals surface area contributed by atoms with Gasteiger partial charge in [0, 0.05) is 16.0 Å². The SMILES string of the molecule is COc1cc(Br)cc(C)c1NC(=O)NCc1ccccc1Cl. The first-order valence-electron chi connectivity index (χ1n) is 6.63. The van der Waals surface area contributed by atoms with E-state index in [1.54, 1.807) is 19.2 Å². The van der Waals surface area contributed by atoms with Crippen LogP contribution in [0.5, 0.6) is 5.75 Å². The third-order valence-corrected chi connectivity index (χ3v) is 3.95. The molecule has 0 aliphatic heterocycles. The highest BCUT2D eigenvalue weighted by Gasteiger charge is 2.11. The van der Waals surface area contributed by atoms with Gasteiger partial charge in [-0.2, -0.15) is 0 Å². The quantitative estimate of drug-likeness (QED) is 0.801. The number of amides is 2. The molecule has 0 aromatic heterocycles. The molecule has 0 heterocycles. The van der Waals surface area contributed by atoms with Gasteiger partial charge in [-0.05, 0) is 36.2 Å². The zero-order valence-electron chi connectivity index (χ0n) is 12.2. The predicted octanol–water partition coefficient (Wildman–Crippen LogP) is 4.74. The molecule has 0 bridgehead atoms. The zero-order chi connectivity index (χ0) is 16.1. The number of hydrogen-bond donors (Lipinski definition) is 2. The van der Waals surface area contributed by atoms with Crippen LogP contribution in [0.3, 0.4) is 0 Å². The van der Waals surface area contributed by atoms with E-state index < -0.39 is 0 Å². The van der Waals surface area contributed by atoms with Gasteiger partial charge < -0.3 is 15.4 Å². The lowest BCUT2D eigenvalue weighted by atomic mass is 10.2. The molecule has 0 spiro atoms. The molecule has 0 radical (unpaired) electrons. The van der Waals surface area contributed by atoms with Crippen LogP contribution in [0.25, 0.3) is 0 Å². The van der Waals surface area contributed by atoms with Crippen molar-refractivity contribution < 1.29 is 9.53 Å². The van der Waals surface area contributed by atoms with Crippen LogP contribution in [0.4, 0.5) is 10.5 Å². The molecular weight excluding hydrogens is 368 g/mol. The van der Waals surface area contributed by atoms with E-state index in [1.165, 1.54) is 0 Å². The molecular formula is C16H16BrClN2O2. The Morgan fingerprint density at radius 1 is 1.32 bits per heavy atom. The lowest BCUT2D eigenvalue weighted by Crippen LogP contribution is -2.28. The maximum atomic E-state index is 12.1. The fourth-order valence-electron chi connectivity index (χ4n) is 2.01. The van der Waals surface area contributed by atoms with Crippen LogP contribution < -0.4 is 15.4 Å². The van der Waals surface area contributed by atoms with Gasteiger partial charge in [0.05, 0.1) is 12.8 Å². The molecule has 0 aliphatic rings. The van der Waals surface area contributed by atoms with E-state index in [-0.39, 0.29) is 6.03 Å². The van der Waals surface area contributed by atoms with E-state index in [1.807, 2.05) is 31.2 Å². The van der Waals surface area contributed by atoms with Crippen LogP contribution in [-0.4, -0.2) is 13.1 Å². The number of benzene rings is 2. The van der Waals surface area contributed by atoms with E-state index in [9.17, 15) is 4.79 Å². The number of anilines is 1. The van der Waals surface area contributed by atoms with Crippen LogP contribution >= 0.6 is 27.5 Å². The summed E-state index contributed by atoms with van der Waals surface area (Å²) >= 11 is 9.46. The minimum atomic E-state index is -0.316. The maximum absolute atomic E-state index is 12.1. The highest BCUT2D eigenvalue weighted by Crippen LogP contribution is 2.32. The normalized spacial score (nSPS) is 10.2. The first-order valence-corrected chi connectivity index (χ1v) is 7.80. The van der Waals surface area contributed by atoms with E-state index >= 15 is 0 Å². The van der Waals surface area contributed by atoms with Crippen molar-refractivity contribution in [2.75, 3.05) is 12.4 Å². The molecule has 0 fully saturated rings. The van der Waals surface area contributed by atoms with Gasteiger partial charge in [0.15, 0.2) is 0 Å².